The first-order valence-electron chi connectivity index (χ1n) is 3.19. The molecule has 0 aliphatic rings. The average Bonchev–Trinajstić information content (AvgIpc) is 2.06. The third kappa shape index (κ3) is 1.93. The summed E-state index contributed by atoms with van der Waals surface area (Å²) in [6.45, 7) is 3.99. The van der Waals surface area contributed by atoms with Crippen molar-refractivity contribution in [2.45, 2.75) is 0 Å². The predicted octanol–water partition coefficient (Wildman–Crippen LogP) is 1.86. The first-order chi connectivity index (χ1) is 5.36. The molecule has 0 heterocycles. The summed E-state index contributed by atoms with van der Waals surface area (Å²) >= 11 is 0. The molecule has 0 unspecified atom stereocenters. The van der Waals surface area contributed by atoms with Gasteiger partial charge in [0.25, 0.3) is 6.47 Å². The summed E-state index contributed by atoms with van der Waals surface area (Å²) in [5.41, 5.74) is 0.935. The van der Waals surface area contributed by atoms with Crippen molar-refractivity contribution in [3.05, 3.63) is 36.4 Å². The Balaban J connectivity index is 2.90. The molecule has 0 saturated carbocycles. The minimum Gasteiger partial charge on any atom is -0.429 e. The Hall–Kier alpha value is -1.57. The van der Waals surface area contributed by atoms with E-state index >= 15 is 0 Å². The topological polar surface area (TPSA) is 26.3 Å². The maximum atomic E-state index is 9.93. The van der Waals surface area contributed by atoms with Gasteiger partial charge in [-0.2, -0.15) is 0 Å². The van der Waals surface area contributed by atoms with E-state index in [1.165, 1.54) is 0 Å². The lowest BCUT2D eigenvalue weighted by Crippen LogP contribution is -1.87. The van der Waals surface area contributed by atoms with Crippen LogP contribution in [0.15, 0.2) is 30.8 Å². The molecule has 0 amide bonds. The summed E-state index contributed by atoms with van der Waals surface area (Å²) in [5, 5.41) is 0. The monoisotopic (exact) mass is 148 g/mol. The second kappa shape index (κ2) is 3.56. The van der Waals surface area contributed by atoms with Crippen LogP contribution in [-0.4, -0.2) is 6.47 Å². The fourth-order valence-electron chi connectivity index (χ4n) is 0.770. The number of rotatable bonds is 3. The van der Waals surface area contributed by atoms with E-state index in [4.69, 9.17) is 0 Å². The quantitative estimate of drug-likeness (QED) is 0.611. The fourth-order valence-corrected chi connectivity index (χ4v) is 0.770. The molecular weight excluding hydrogens is 140 g/mol. The highest BCUT2D eigenvalue weighted by Crippen LogP contribution is 2.12. The average molecular weight is 148 g/mol. The van der Waals surface area contributed by atoms with Crippen LogP contribution in [0.25, 0.3) is 6.08 Å². The van der Waals surface area contributed by atoms with Crippen molar-refractivity contribution in [3.8, 4) is 5.75 Å². The zero-order valence-electron chi connectivity index (χ0n) is 5.99. The van der Waals surface area contributed by atoms with E-state index in [-0.39, 0.29) is 0 Å². The molecule has 0 bridgehead atoms. The lowest BCUT2D eigenvalue weighted by atomic mass is 10.2. The molecular formula is C9H8O2. The van der Waals surface area contributed by atoms with E-state index in [9.17, 15) is 4.79 Å². The van der Waals surface area contributed by atoms with E-state index in [1.807, 2.05) is 6.07 Å². The van der Waals surface area contributed by atoms with Crippen LogP contribution in [-0.2, 0) is 4.79 Å². The molecule has 0 atom stereocenters. The van der Waals surface area contributed by atoms with Gasteiger partial charge in [0.15, 0.2) is 0 Å². The molecule has 0 aliphatic carbocycles. The summed E-state index contributed by atoms with van der Waals surface area (Å²) in [7, 11) is 0. The maximum Gasteiger partial charge on any atom is 0.298 e. The van der Waals surface area contributed by atoms with Gasteiger partial charge in [-0.3, -0.25) is 4.79 Å². The number of carbonyl (C=O) groups is 1. The van der Waals surface area contributed by atoms with Crippen molar-refractivity contribution >= 4 is 12.5 Å². The van der Waals surface area contributed by atoms with E-state index in [0.29, 0.717) is 12.2 Å². The Labute approximate surface area is 65.1 Å². The number of ether oxygens (including phenoxy) is 1. The van der Waals surface area contributed by atoms with E-state index < -0.39 is 0 Å². The molecule has 0 N–H and O–H groups in total. The Bertz CT molecular complexity index is 266. The highest BCUT2D eigenvalue weighted by molar-refractivity contribution is 5.52. The molecule has 11 heavy (non-hydrogen) atoms. The molecule has 0 aliphatic heterocycles. The molecule has 1 rings (SSSR count). The van der Waals surface area contributed by atoms with Crippen LogP contribution in [0.4, 0.5) is 0 Å². The van der Waals surface area contributed by atoms with Crippen molar-refractivity contribution in [1.82, 2.24) is 0 Å². The molecule has 2 nitrogen and oxygen atoms in total. The summed E-state index contributed by atoms with van der Waals surface area (Å²) in [5.74, 6) is 0.539. The van der Waals surface area contributed by atoms with Crippen molar-refractivity contribution in [1.29, 1.82) is 0 Å². The number of hydrogen-bond acceptors (Lipinski definition) is 2. The van der Waals surface area contributed by atoms with Crippen LogP contribution in [0, 0.1) is 0 Å². The zero-order chi connectivity index (χ0) is 8.10. The van der Waals surface area contributed by atoms with E-state index in [2.05, 4.69) is 11.3 Å². The molecule has 0 saturated heterocycles. The molecule has 1 aromatic carbocycles. The van der Waals surface area contributed by atoms with Crippen molar-refractivity contribution in [3.63, 3.8) is 0 Å². The zero-order valence-corrected chi connectivity index (χ0v) is 5.99. The lowest BCUT2D eigenvalue weighted by Gasteiger charge is -1.97. The highest BCUT2D eigenvalue weighted by Gasteiger charge is 1.91. The number of hydrogen-bond donors (Lipinski definition) is 0. The van der Waals surface area contributed by atoms with Crippen LogP contribution in [0.1, 0.15) is 5.56 Å². The van der Waals surface area contributed by atoms with Gasteiger partial charge in [-0.25, -0.2) is 0 Å². The minimum atomic E-state index is 0.405. The molecule has 56 valence electrons. The van der Waals surface area contributed by atoms with Gasteiger partial charge in [0.05, 0.1) is 0 Å². The van der Waals surface area contributed by atoms with Crippen LogP contribution >= 0.6 is 0 Å². The van der Waals surface area contributed by atoms with Gasteiger partial charge in [0.2, 0.25) is 0 Å². The lowest BCUT2D eigenvalue weighted by molar-refractivity contribution is -0.120. The highest BCUT2D eigenvalue weighted by atomic mass is 16.5. The fraction of sp³-hybridized carbons (Fsp3) is 0. The molecule has 0 fully saturated rings. The molecule has 0 aromatic heterocycles. The SMILES string of the molecule is C=Cc1cccc(OC=O)c1. The second-order valence-corrected chi connectivity index (χ2v) is 1.99. The van der Waals surface area contributed by atoms with Crippen LogP contribution in [0.3, 0.4) is 0 Å². The van der Waals surface area contributed by atoms with Crippen molar-refractivity contribution in [2.75, 3.05) is 0 Å². The Morgan fingerprint density at radius 3 is 2.91 bits per heavy atom. The molecule has 0 spiro atoms. The molecule has 2 heteroatoms. The van der Waals surface area contributed by atoms with Gasteiger partial charge in [-0.15, -0.1) is 0 Å². The standard InChI is InChI=1S/C9H8O2/c1-2-8-4-3-5-9(6-8)11-7-10/h2-7H,1H2. The van der Waals surface area contributed by atoms with Gasteiger partial charge in [-0.1, -0.05) is 24.8 Å². The minimum absolute atomic E-state index is 0.405. The Kier molecular flexibility index (Phi) is 2.44. The first-order valence-corrected chi connectivity index (χ1v) is 3.19. The largest absolute Gasteiger partial charge is 0.429 e. The van der Waals surface area contributed by atoms with Crippen LogP contribution in [0.5, 0.6) is 5.75 Å². The predicted molar refractivity (Wildman–Crippen MR) is 43.2 cm³/mol. The normalized spacial score (nSPS) is 8.73. The molecule has 0 radical (unpaired) electrons. The number of carbonyl (C=O) groups excluding carboxylic acids is 1. The maximum absolute atomic E-state index is 9.93. The van der Waals surface area contributed by atoms with Gasteiger partial charge in [0.1, 0.15) is 5.75 Å². The Morgan fingerprint density at radius 1 is 1.45 bits per heavy atom. The summed E-state index contributed by atoms with van der Waals surface area (Å²) in [4.78, 5) is 9.93. The first kappa shape index (κ1) is 7.54. The van der Waals surface area contributed by atoms with Gasteiger partial charge >= 0.3 is 0 Å². The van der Waals surface area contributed by atoms with E-state index in [1.54, 1.807) is 24.3 Å². The van der Waals surface area contributed by atoms with Gasteiger partial charge in [-0.05, 0) is 17.7 Å². The molecule has 1 aromatic rings. The van der Waals surface area contributed by atoms with Crippen molar-refractivity contribution in [2.24, 2.45) is 0 Å². The summed E-state index contributed by atoms with van der Waals surface area (Å²) in [6.07, 6.45) is 1.69. The van der Waals surface area contributed by atoms with Crippen LogP contribution in [0.2, 0.25) is 0 Å². The van der Waals surface area contributed by atoms with Crippen LogP contribution < -0.4 is 4.74 Å². The summed E-state index contributed by atoms with van der Waals surface area (Å²) < 4.78 is 4.62. The third-order valence-corrected chi connectivity index (χ3v) is 1.28. The number of benzene rings is 1. The van der Waals surface area contributed by atoms with Gasteiger partial charge < -0.3 is 4.74 Å². The second-order valence-electron chi connectivity index (χ2n) is 1.99. The summed E-state index contributed by atoms with van der Waals surface area (Å²) in [6, 6.07) is 7.13. The van der Waals surface area contributed by atoms with Gasteiger partial charge in [0, 0.05) is 0 Å². The van der Waals surface area contributed by atoms with E-state index in [0.717, 1.165) is 5.56 Å². The third-order valence-electron chi connectivity index (χ3n) is 1.28. The Morgan fingerprint density at radius 2 is 2.27 bits per heavy atom. The smallest absolute Gasteiger partial charge is 0.298 e. The van der Waals surface area contributed by atoms with Crippen molar-refractivity contribution < 1.29 is 9.53 Å².